The number of hydrogen-bond donors (Lipinski definition) is 0. The average Bonchev–Trinajstić information content (AvgIpc) is 2.39. The standard InChI is InChI=1S/C13H25NO4S/c1-3-18-13(15)12-6-9-14(10-7-12)8-5-11-19(16,17)4-2/h12H,3-11H2,1-2H3. The largest absolute Gasteiger partial charge is 0.466 e. The fourth-order valence-corrected chi connectivity index (χ4v) is 3.16. The van der Waals surface area contributed by atoms with Crippen LogP contribution in [0.3, 0.4) is 0 Å². The third kappa shape index (κ3) is 5.91. The molecule has 1 aliphatic rings. The highest BCUT2D eigenvalue weighted by atomic mass is 32.2. The molecule has 0 unspecified atom stereocenters. The summed E-state index contributed by atoms with van der Waals surface area (Å²) < 4.78 is 27.8. The summed E-state index contributed by atoms with van der Waals surface area (Å²) in [7, 11) is -2.85. The number of carbonyl (C=O) groups is 1. The smallest absolute Gasteiger partial charge is 0.309 e. The predicted octanol–water partition coefficient (Wildman–Crippen LogP) is 1.09. The third-order valence-corrected chi connectivity index (χ3v) is 5.37. The zero-order valence-electron chi connectivity index (χ0n) is 11.9. The van der Waals surface area contributed by atoms with Gasteiger partial charge in [0, 0.05) is 5.75 Å². The maximum absolute atomic E-state index is 11.6. The van der Waals surface area contributed by atoms with E-state index < -0.39 is 9.84 Å². The van der Waals surface area contributed by atoms with Gasteiger partial charge in [0.1, 0.15) is 9.84 Å². The van der Waals surface area contributed by atoms with Crippen LogP contribution in [-0.2, 0) is 19.4 Å². The first-order valence-electron chi connectivity index (χ1n) is 7.08. The lowest BCUT2D eigenvalue weighted by Gasteiger charge is -2.30. The number of nitrogens with zero attached hydrogens (tertiary/aromatic N) is 1. The van der Waals surface area contributed by atoms with Gasteiger partial charge in [-0.1, -0.05) is 6.92 Å². The van der Waals surface area contributed by atoms with Crippen LogP contribution in [0.2, 0.25) is 0 Å². The van der Waals surface area contributed by atoms with Gasteiger partial charge in [-0.15, -0.1) is 0 Å². The van der Waals surface area contributed by atoms with E-state index in [-0.39, 0.29) is 23.4 Å². The summed E-state index contributed by atoms with van der Waals surface area (Å²) in [6, 6.07) is 0. The van der Waals surface area contributed by atoms with E-state index >= 15 is 0 Å². The minimum Gasteiger partial charge on any atom is -0.466 e. The Bertz CT molecular complexity index is 372. The van der Waals surface area contributed by atoms with Crippen molar-refractivity contribution >= 4 is 15.8 Å². The van der Waals surface area contributed by atoms with Crippen LogP contribution in [0.15, 0.2) is 0 Å². The average molecular weight is 291 g/mol. The van der Waals surface area contributed by atoms with Crippen LogP contribution in [0.5, 0.6) is 0 Å². The summed E-state index contributed by atoms with van der Waals surface area (Å²) in [5.41, 5.74) is 0. The minimum absolute atomic E-state index is 0.0237. The van der Waals surface area contributed by atoms with E-state index in [4.69, 9.17) is 4.74 Å². The highest BCUT2D eigenvalue weighted by Crippen LogP contribution is 2.18. The molecule has 5 nitrogen and oxygen atoms in total. The number of likely N-dealkylation sites (tertiary alicyclic amines) is 1. The van der Waals surface area contributed by atoms with Crippen molar-refractivity contribution in [2.75, 3.05) is 37.7 Å². The van der Waals surface area contributed by atoms with Crippen molar-refractivity contribution in [3.8, 4) is 0 Å². The van der Waals surface area contributed by atoms with Crippen LogP contribution < -0.4 is 0 Å². The Morgan fingerprint density at radius 1 is 1.26 bits per heavy atom. The quantitative estimate of drug-likeness (QED) is 0.657. The lowest BCUT2D eigenvalue weighted by atomic mass is 9.97. The third-order valence-electron chi connectivity index (χ3n) is 3.58. The number of esters is 1. The molecular formula is C13H25NO4S. The minimum atomic E-state index is -2.85. The summed E-state index contributed by atoms with van der Waals surface area (Å²) in [5, 5.41) is 0. The van der Waals surface area contributed by atoms with Crippen molar-refractivity contribution in [1.29, 1.82) is 0 Å². The number of ether oxygens (including phenoxy) is 1. The number of hydrogen-bond acceptors (Lipinski definition) is 5. The molecule has 0 amide bonds. The molecule has 0 N–H and O–H groups in total. The second-order valence-corrected chi connectivity index (χ2v) is 7.43. The molecule has 0 saturated carbocycles. The second-order valence-electron chi connectivity index (χ2n) is 4.96. The molecule has 0 radical (unpaired) electrons. The Kier molecular flexibility index (Phi) is 6.79. The predicted molar refractivity (Wildman–Crippen MR) is 74.7 cm³/mol. The second kappa shape index (κ2) is 7.85. The molecule has 19 heavy (non-hydrogen) atoms. The van der Waals surface area contributed by atoms with E-state index in [1.165, 1.54) is 0 Å². The SMILES string of the molecule is CCOC(=O)C1CCN(CCCS(=O)(=O)CC)CC1. The Hall–Kier alpha value is -0.620. The van der Waals surface area contributed by atoms with Crippen molar-refractivity contribution in [3.05, 3.63) is 0 Å². The summed E-state index contributed by atoms with van der Waals surface area (Å²) >= 11 is 0. The molecule has 112 valence electrons. The van der Waals surface area contributed by atoms with Gasteiger partial charge in [-0.05, 0) is 45.8 Å². The molecule has 0 aromatic carbocycles. The van der Waals surface area contributed by atoms with Gasteiger partial charge in [0.2, 0.25) is 0 Å². The van der Waals surface area contributed by atoms with E-state index in [1.54, 1.807) is 6.92 Å². The molecule has 0 spiro atoms. The highest BCUT2D eigenvalue weighted by molar-refractivity contribution is 7.91. The van der Waals surface area contributed by atoms with Gasteiger partial charge < -0.3 is 9.64 Å². The Morgan fingerprint density at radius 3 is 2.42 bits per heavy atom. The molecule has 0 aliphatic carbocycles. The summed E-state index contributed by atoms with van der Waals surface area (Å²) in [4.78, 5) is 13.8. The van der Waals surface area contributed by atoms with Crippen molar-refractivity contribution in [2.24, 2.45) is 5.92 Å². The van der Waals surface area contributed by atoms with Gasteiger partial charge in [-0.3, -0.25) is 4.79 Å². The van der Waals surface area contributed by atoms with Gasteiger partial charge in [0.05, 0.1) is 18.3 Å². The van der Waals surface area contributed by atoms with Crippen LogP contribution in [0, 0.1) is 5.92 Å². The molecule has 1 saturated heterocycles. The normalized spacial score (nSPS) is 18.4. The molecular weight excluding hydrogens is 266 g/mol. The van der Waals surface area contributed by atoms with Gasteiger partial charge in [-0.25, -0.2) is 8.42 Å². The zero-order valence-corrected chi connectivity index (χ0v) is 12.7. The monoisotopic (exact) mass is 291 g/mol. The van der Waals surface area contributed by atoms with Crippen LogP contribution >= 0.6 is 0 Å². The van der Waals surface area contributed by atoms with Gasteiger partial charge >= 0.3 is 5.97 Å². The maximum Gasteiger partial charge on any atom is 0.309 e. The van der Waals surface area contributed by atoms with E-state index in [0.29, 0.717) is 13.0 Å². The van der Waals surface area contributed by atoms with E-state index in [9.17, 15) is 13.2 Å². The molecule has 6 heteroatoms. The lowest BCUT2D eigenvalue weighted by molar-refractivity contribution is -0.149. The molecule has 0 aromatic heterocycles. The van der Waals surface area contributed by atoms with E-state index in [2.05, 4.69) is 4.90 Å². The first-order chi connectivity index (χ1) is 8.98. The van der Waals surface area contributed by atoms with Crippen LogP contribution in [0.4, 0.5) is 0 Å². The maximum atomic E-state index is 11.6. The Balaban J connectivity index is 2.22. The molecule has 1 aliphatic heterocycles. The van der Waals surface area contributed by atoms with Gasteiger partial charge in [0.15, 0.2) is 0 Å². The van der Waals surface area contributed by atoms with Gasteiger partial charge in [0.25, 0.3) is 0 Å². The van der Waals surface area contributed by atoms with Crippen LogP contribution in [-0.4, -0.2) is 57.0 Å². The fourth-order valence-electron chi connectivity index (χ4n) is 2.30. The number of carbonyl (C=O) groups excluding carboxylic acids is 1. The van der Waals surface area contributed by atoms with Crippen molar-refractivity contribution < 1.29 is 17.9 Å². The summed E-state index contributed by atoms with van der Waals surface area (Å²) in [5.74, 6) is 0.422. The fraction of sp³-hybridized carbons (Fsp3) is 0.923. The zero-order chi connectivity index (χ0) is 14.3. The van der Waals surface area contributed by atoms with Gasteiger partial charge in [-0.2, -0.15) is 0 Å². The molecule has 1 heterocycles. The number of rotatable bonds is 7. The summed E-state index contributed by atoms with van der Waals surface area (Å²) in [6.07, 6.45) is 2.32. The first-order valence-corrected chi connectivity index (χ1v) is 8.90. The van der Waals surface area contributed by atoms with Crippen LogP contribution in [0.25, 0.3) is 0 Å². The molecule has 1 rings (SSSR count). The van der Waals surface area contributed by atoms with Crippen LogP contribution in [0.1, 0.15) is 33.1 Å². The van der Waals surface area contributed by atoms with Crippen molar-refractivity contribution in [1.82, 2.24) is 4.90 Å². The summed E-state index contributed by atoms with van der Waals surface area (Å²) in [6.45, 7) is 6.45. The lowest BCUT2D eigenvalue weighted by Crippen LogP contribution is -2.37. The number of piperidine rings is 1. The topological polar surface area (TPSA) is 63.7 Å². The molecule has 0 atom stereocenters. The van der Waals surface area contributed by atoms with E-state index in [0.717, 1.165) is 32.5 Å². The van der Waals surface area contributed by atoms with Crippen molar-refractivity contribution in [2.45, 2.75) is 33.1 Å². The van der Waals surface area contributed by atoms with E-state index in [1.807, 2.05) is 6.92 Å². The van der Waals surface area contributed by atoms with Crippen molar-refractivity contribution in [3.63, 3.8) is 0 Å². The Labute approximate surface area is 116 Å². The molecule has 0 aromatic rings. The Morgan fingerprint density at radius 2 is 1.89 bits per heavy atom. The highest BCUT2D eigenvalue weighted by Gasteiger charge is 2.25. The number of sulfone groups is 1. The first kappa shape index (κ1) is 16.4. The molecule has 0 bridgehead atoms. The molecule has 1 fully saturated rings.